The normalized spacial score (nSPS) is 24.4. The van der Waals surface area contributed by atoms with E-state index in [9.17, 15) is 19.2 Å². The average molecular weight is 749 g/mol. The van der Waals surface area contributed by atoms with Crippen LogP contribution in [0.15, 0.2) is 11.6 Å². The van der Waals surface area contributed by atoms with Crippen molar-refractivity contribution in [1.29, 1.82) is 0 Å². The smallest absolute Gasteiger partial charge is 0.334 e. The van der Waals surface area contributed by atoms with Crippen LogP contribution in [0.25, 0.3) is 0 Å². The molecule has 0 aromatic heterocycles. The predicted molar refractivity (Wildman–Crippen MR) is 204 cm³/mol. The second-order valence-corrected chi connectivity index (χ2v) is 15.8. The lowest BCUT2D eigenvalue weighted by molar-refractivity contribution is -0.164. The molecule has 0 aromatic rings. The van der Waals surface area contributed by atoms with Crippen LogP contribution in [0.5, 0.6) is 0 Å². The van der Waals surface area contributed by atoms with E-state index in [2.05, 4.69) is 6.92 Å². The molecule has 304 valence electrons. The summed E-state index contributed by atoms with van der Waals surface area (Å²) < 4.78 is 35.3. The van der Waals surface area contributed by atoms with Gasteiger partial charge in [0.05, 0.1) is 24.4 Å². The molecule has 3 heterocycles. The fraction of sp³-hybridized carbons (Fsp3) is 0.860. The first kappa shape index (κ1) is 44.9. The van der Waals surface area contributed by atoms with E-state index in [1.165, 1.54) is 59.3 Å². The number of cyclic esters (lactones) is 1. The zero-order valence-corrected chi connectivity index (χ0v) is 33.7. The summed E-state index contributed by atoms with van der Waals surface area (Å²) >= 11 is 0. The monoisotopic (exact) mass is 749 g/mol. The molecule has 0 aliphatic carbocycles. The van der Waals surface area contributed by atoms with Gasteiger partial charge in [0.1, 0.15) is 24.4 Å². The zero-order valence-electron chi connectivity index (χ0n) is 33.7. The molecular weight excluding hydrogens is 676 g/mol. The molecule has 0 saturated carbocycles. The third kappa shape index (κ3) is 18.2. The van der Waals surface area contributed by atoms with E-state index in [1.807, 2.05) is 13.0 Å². The molecule has 0 unspecified atom stereocenters. The summed E-state index contributed by atoms with van der Waals surface area (Å²) in [7, 11) is 0. The minimum absolute atomic E-state index is 0.0566. The first-order valence-corrected chi connectivity index (χ1v) is 21.3. The van der Waals surface area contributed by atoms with Gasteiger partial charge in [0.25, 0.3) is 0 Å². The van der Waals surface area contributed by atoms with Gasteiger partial charge in [-0.25, -0.2) is 4.79 Å². The number of ether oxygens (including phenoxy) is 6. The molecule has 3 aliphatic heterocycles. The first-order chi connectivity index (χ1) is 25.5. The standard InChI is InChI=1S/C43H72O10/c1-6-7-16-22-36(49-32(3)44)23-19-20-25-38(51-34(5)46)40-27-29-42(53-40)41-28-26-39(52-41)37(50-33(4)45)24-18-15-13-11-9-8-10-12-14-17-21-35-30-31(2)48-43(35)47/h30-31,36-42H,6-29H2,1-5H3/t31-,36-,37+,38+,39+,40+,41+,42+/m1/s1. The van der Waals surface area contributed by atoms with Crippen molar-refractivity contribution >= 4 is 23.9 Å². The van der Waals surface area contributed by atoms with Gasteiger partial charge in [0.2, 0.25) is 0 Å². The van der Waals surface area contributed by atoms with Crippen LogP contribution < -0.4 is 0 Å². The van der Waals surface area contributed by atoms with Crippen LogP contribution in [0.2, 0.25) is 0 Å². The highest BCUT2D eigenvalue weighted by Gasteiger charge is 2.42. The molecule has 3 rings (SSSR count). The Kier molecular flexibility index (Phi) is 21.7. The van der Waals surface area contributed by atoms with E-state index in [4.69, 9.17) is 28.4 Å². The van der Waals surface area contributed by atoms with E-state index in [0.29, 0.717) is 6.42 Å². The lowest BCUT2D eigenvalue weighted by atomic mass is 9.99. The van der Waals surface area contributed by atoms with Crippen molar-refractivity contribution in [1.82, 2.24) is 0 Å². The molecule has 53 heavy (non-hydrogen) atoms. The number of carbonyl (C=O) groups is 4. The summed E-state index contributed by atoms with van der Waals surface area (Å²) in [6, 6.07) is 0. The van der Waals surface area contributed by atoms with Crippen molar-refractivity contribution in [3.05, 3.63) is 11.6 Å². The van der Waals surface area contributed by atoms with Crippen LogP contribution in [0.3, 0.4) is 0 Å². The van der Waals surface area contributed by atoms with Gasteiger partial charge >= 0.3 is 23.9 Å². The van der Waals surface area contributed by atoms with Crippen molar-refractivity contribution in [3.8, 4) is 0 Å². The Morgan fingerprint density at radius 2 is 1.06 bits per heavy atom. The molecular formula is C43H72O10. The summed E-state index contributed by atoms with van der Waals surface area (Å²) in [6.07, 6.45) is 25.0. The Hall–Kier alpha value is -2.46. The summed E-state index contributed by atoms with van der Waals surface area (Å²) in [5.74, 6) is -0.935. The molecule has 0 aromatic carbocycles. The molecule has 2 fully saturated rings. The molecule has 0 bridgehead atoms. The van der Waals surface area contributed by atoms with Crippen molar-refractivity contribution in [2.45, 2.75) is 238 Å². The summed E-state index contributed by atoms with van der Waals surface area (Å²) in [5.41, 5.74) is 0.847. The van der Waals surface area contributed by atoms with E-state index in [-0.39, 0.29) is 72.7 Å². The van der Waals surface area contributed by atoms with Crippen LogP contribution in [0.4, 0.5) is 0 Å². The zero-order chi connectivity index (χ0) is 38.4. The Bertz CT molecular complexity index is 1120. The maximum Gasteiger partial charge on any atom is 0.334 e. The topological polar surface area (TPSA) is 124 Å². The quantitative estimate of drug-likeness (QED) is 0.0434. The number of carbonyl (C=O) groups excluding carboxylic acids is 4. The number of unbranched alkanes of at least 4 members (excludes halogenated alkanes) is 12. The second kappa shape index (κ2) is 25.6. The molecule has 2 saturated heterocycles. The average Bonchev–Trinajstić information content (AvgIpc) is 3.85. The molecule has 8 atom stereocenters. The lowest BCUT2D eigenvalue weighted by Crippen LogP contribution is -2.35. The molecule has 0 N–H and O–H groups in total. The van der Waals surface area contributed by atoms with E-state index >= 15 is 0 Å². The predicted octanol–water partition coefficient (Wildman–Crippen LogP) is 9.57. The molecule has 10 heteroatoms. The maximum atomic E-state index is 12.0. The minimum atomic E-state index is -0.312. The fourth-order valence-electron chi connectivity index (χ4n) is 8.27. The Balaban J connectivity index is 1.31. The summed E-state index contributed by atoms with van der Waals surface area (Å²) in [4.78, 5) is 47.3. The SMILES string of the molecule is CCCCC[C@H](CCCC[C@H](OC(C)=O)[C@@H]1CC[C@@H]([C@@H]2CC[C@@H]([C@H](CCCCCCCCCCCCC3=C[C@@H](C)OC3=O)OC(C)=O)O2)O1)OC(C)=O. The number of hydrogen-bond acceptors (Lipinski definition) is 10. The summed E-state index contributed by atoms with van der Waals surface area (Å²) in [6.45, 7) is 8.46. The lowest BCUT2D eigenvalue weighted by Gasteiger charge is -2.27. The number of rotatable bonds is 28. The second-order valence-electron chi connectivity index (χ2n) is 15.8. The maximum absolute atomic E-state index is 12.0. The Morgan fingerprint density at radius 1 is 0.623 bits per heavy atom. The van der Waals surface area contributed by atoms with Gasteiger partial charge in [0.15, 0.2) is 0 Å². The van der Waals surface area contributed by atoms with Crippen LogP contribution in [-0.4, -0.2) is 72.7 Å². The Morgan fingerprint density at radius 3 is 1.51 bits per heavy atom. The van der Waals surface area contributed by atoms with E-state index < -0.39 is 0 Å². The van der Waals surface area contributed by atoms with Crippen molar-refractivity contribution in [3.63, 3.8) is 0 Å². The number of esters is 4. The van der Waals surface area contributed by atoms with Gasteiger partial charge in [0, 0.05) is 26.3 Å². The highest BCUT2D eigenvalue weighted by molar-refractivity contribution is 5.90. The third-order valence-corrected chi connectivity index (χ3v) is 11.0. The minimum Gasteiger partial charge on any atom is -0.463 e. The van der Waals surface area contributed by atoms with E-state index in [1.54, 1.807) is 0 Å². The Labute approximate surface area is 320 Å². The fourth-order valence-corrected chi connectivity index (χ4v) is 8.27. The highest BCUT2D eigenvalue weighted by Crippen LogP contribution is 2.36. The number of hydrogen-bond donors (Lipinski definition) is 0. The first-order valence-electron chi connectivity index (χ1n) is 21.3. The van der Waals surface area contributed by atoms with E-state index in [0.717, 1.165) is 115 Å². The van der Waals surface area contributed by atoms with Crippen molar-refractivity contribution in [2.75, 3.05) is 0 Å². The van der Waals surface area contributed by atoms with Gasteiger partial charge in [-0.3, -0.25) is 14.4 Å². The molecule has 0 amide bonds. The molecule has 10 nitrogen and oxygen atoms in total. The highest BCUT2D eigenvalue weighted by atomic mass is 16.6. The molecule has 3 aliphatic rings. The van der Waals surface area contributed by atoms with Gasteiger partial charge in [-0.15, -0.1) is 0 Å². The van der Waals surface area contributed by atoms with Gasteiger partial charge in [-0.05, 0) is 103 Å². The summed E-state index contributed by atoms with van der Waals surface area (Å²) in [5, 5.41) is 0. The van der Waals surface area contributed by atoms with Crippen LogP contribution in [-0.2, 0) is 47.6 Å². The largest absolute Gasteiger partial charge is 0.463 e. The van der Waals surface area contributed by atoms with Crippen molar-refractivity contribution in [2.24, 2.45) is 0 Å². The van der Waals surface area contributed by atoms with Crippen LogP contribution in [0, 0.1) is 0 Å². The third-order valence-electron chi connectivity index (χ3n) is 11.0. The van der Waals surface area contributed by atoms with Gasteiger partial charge in [-0.2, -0.15) is 0 Å². The van der Waals surface area contributed by atoms with Gasteiger partial charge < -0.3 is 28.4 Å². The van der Waals surface area contributed by atoms with Crippen molar-refractivity contribution < 1.29 is 47.6 Å². The molecule has 0 spiro atoms. The molecule has 0 radical (unpaired) electrons. The van der Waals surface area contributed by atoms with Crippen LogP contribution in [0.1, 0.15) is 189 Å². The van der Waals surface area contributed by atoms with Crippen LogP contribution >= 0.6 is 0 Å². The van der Waals surface area contributed by atoms with Gasteiger partial charge in [-0.1, -0.05) is 71.1 Å².